The van der Waals surface area contributed by atoms with E-state index in [1.807, 2.05) is 6.07 Å². The fourth-order valence-corrected chi connectivity index (χ4v) is 4.03. The van der Waals surface area contributed by atoms with Gasteiger partial charge in [0.1, 0.15) is 6.10 Å². The lowest BCUT2D eigenvalue weighted by molar-refractivity contribution is 0.125. The van der Waals surface area contributed by atoms with Gasteiger partial charge in [-0.05, 0) is 51.5 Å². The van der Waals surface area contributed by atoms with Crippen LogP contribution in [0.15, 0.2) is 90.5 Å². The van der Waals surface area contributed by atoms with E-state index in [0.717, 1.165) is 18.6 Å². The predicted octanol–water partition coefficient (Wildman–Crippen LogP) is 5.85. The number of fused-ring (bicyclic) bond motifs is 3. The Labute approximate surface area is 154 Å². The van der Waals surface area contributed by atoms with E-state index >= 15 is 0 Å². The molecule has 26 heavy (non-hydrogen) atoms. The van der Waals surface area contributed by atoms with Crippen LogP contribution in [0.3, 0.4) is 0 Å². The average Bonchev–Trinajstić information content (AvgIpc) is 3.19. The normalized spacial score (nSPS) is 20.2. The molecule has 0 N–H and O–H groups in total. The van der Waals surface area contributed by atoms with Crippen LogP contribution in [0.1, 0.15) is 34.8 Å². The summed E-state index contributed by atoms with van der Waals surface area (Å²) in [6.07, 6.45) is 4.75. The van der Waals surface area contributed by atoms with E-state index in [2.05, 4.69) is 84.9 Å². The Morgan fingerprint density at radius 1 is 0.769 bits per heavy atom. The third-order valence-corrected chi connectivity index (χ3v) is 5.16. The third kappa shape index (κ3) is 2.53. The topological polar surface area (TPSA) is 9.23 Å². The molecule has 2 aliphatic rings. The molecule has 3 aromatic carbocycles. The van der Waals surface area contributed by atoms with Crippen LogP contribution in [0.2, 0.25) is 0 Å². The molecule has 1 aliphatic heterocycles. The molecule has 1 radical (unpaired) electrons. The molecule has 1 atom stereocenters. The summed E-state index contributed by atoms with van der Waals surface area (Å²) in [5, 5.41) is 0. The van der Waals surface area contributed by atoms with Crippen LogP contribution in [0.5, 0.6) is 0 Å². The number of allylic oxidation sites excluding steroid dienone is 2. The highest BCUT2D eigenvalue weighted by atomic mass is 16.5. The second-order valence-electron chi connectivity index (χ2n) is 6.72. The van der Waals surface area contributed by atoms with Crippen molar-refractivity contribution in [2.24, 2.45) is 0 Å². The Morgan fingerprint density at radius 3 is 2.27 bits per heavy atom. The second kappa shape index (κ2) is 6.44. The summed E-state index contributed by atoms with van der Waals surface area (Å²) in [5.41, 5.74) is 8.68. The molecular weight excluding hydrogens is 316 g/mol. The fraction of sp³-hybridized carbons (Fsp3) is 0.120. The summed E-state index contributed by atoms with van der Waals surface area (Å²) < 4.78 is 6.13. The summed E-state index contributed by atoms with van der Waals surface area (Å²) in [6.45, 7) is 0.781. The zero-order valence-electron chi connectivity index (χ0n) is 14.5. The lowest BCUT2D eigenvalue weighted by Crippen LogP contribution is -2.11. The van der Waals surface area contributed by atoms with E-state index in [4.69, 9.17) is 4.74 Å². The summed E-state index contributed by atoms with van der Waals surface area (Å²) in [6, 6.07) is 29.7. The molecule has 3 aromatic rings. The van der Waals surface area contributed by atoms with E-state index in [9.17, 15) is 0 Å². The zero-order chi connectivity index (χ0) is 17.3. The van der Waals surface area contributed by atoms with Crippen molar-refractivity contribution in [1.29, 1.82) is 0 Å². The van der Waals surface area contributed by atoms with E-state index in [1.54, 1.807) is 0 Å². The number of rotatable bonds is 2. The summed E-state index contributed by atoms with van der Waals surface area (Å²) in [4.78, 5) is 0. The number of hydrogen-bond acceptors (Lipinski definition) is 1. The van der Waals surface area contributed by atoms with Gasteiger partial charge in [0.05, 0.1) is 6.61 Å². The van der Waals surface area contributed by atoms with Gasteiger partial charge in [-0.25, -0.2) is 0 Å². The van der Waals surface area contributed by atoms with Crippen LogP contribution < -0.4 is 0 Å². The molecule has 1 heteroatoms. The minimum atomic E-state index is 0.0720. The molecule has 1 heterocycles. The number of hydrogen-bond donors (Lipinski definition) is 0. The van der Waals surface area contributed by atoms with Crippen molar-refractivity contribution in [3.8, 4) is 0 Å². The Bertz CT molecular complexity index is 997. The summed E-state index contributed by atoms with van der Waals surface area (Å²) in [7, 11) is 0. The van der Waals surface area contributed by atoms with E-state index in [1.165, 1.54) is 33.4 Å². The molecule has 0 spiro atoms. The Balaban J connectivity index is 1.80. The van der Waals surface area contributed by atoms with Crippen molar-refractivity contribution in [3.63, 3.8) is 0 Å². The van der Waals surface area contributed by atoms with Crippen molar-refractivity contribution < 1.29 is 4.74 Å². The maximum Gasteiger partial charge on any atom is 0.105 e. The first-order valence-corrected chi connectivity index (χ1v) is 9.10. The molecule has 0 aromatic heterocycles. The van der Waals surface area contributed by atoms with Gasteiger partial charge in [-0.15, -0.1) is 0 Å². The predicted molar refractivity (Wildman–Crippen MR) is 105 cm³/mol. The quantitative estimate of drug-likeness (QED) is 0.571. The Morgan fingerprint density at radius 2 is 1.46 bits per heavy atom. The first-order valence-electron chi connectivity index (χ1n) is 9.10. The highest BCUT2D eigenvalue weighted by molar-refractivity contribution is 6.08. The van der Waals surface area contributed by atoms with Gasteiger partial charge in [0.15, 0.2) is 0 Å². The Hall–Kier alpha value is -2.90. The largest absolute Gasteiger partial charge is 0.369 e. The molecule has 0 bridgehead atoms. The van der Waals surface area contributed by atoms with Crippen LogP contribution in [0.4, 0.5) is 0 Å². The molecule has 1 unspecified atom stereocenters. The first-order chi connectivity index (χ1) is 12.9. The van der Waals surface area contributed by atoms with E-state index < -0.39 is 0 Å². The maximum atomic E-state index is 6.13. The second-order valence-corrected chi connectivity index (χ2v) is 6.72. The highest BCUT2D eigenvalue weighted by Crippen LogP contribution is 2.50. The standard InChI is InChI=1S/C25H19O/c1-3-9-18(10-4-1)17-23-20-13-7-8-14-21(20)25-22(15-16-26-25)24(23)19-11-5-2-6-12-19/h1-14,25H,15-16H2. The van der Waals surface area contributed by atoms with Gasteiger partial charge in [-0.1, -0.05) is 84.9 Å². The zero-order valence-corrected chi connectivity index (χ0v) is 14.5. The number of benzene rings is 3. The van der Waals surface area contributed by atoms with Crippen LogP contribution in [-0.2, 0) is 4.74 Å². The van der Waals surface area contributed by atoms with Gasteiger partial charge < -0.3 is 4.74 Å². The molecule has 0 saturated carbocycles. The van der Waals surface area contributed by atoms with Gasteiger partial charge in [0.25, 0.3) is 0 Å². The molecule has 5 rings (SSSR count). The average molecular weight is 335 g/mol. The molecule has 125 valence electrons. The van der Waals surface area contributed by atoms with E-state index in [-0.39, 0.29) is 6.10 Å². The minimum absolute atomic E-state index is 0.0720. The molecular formula is C25H19O. The van der Waals surface area contributed by atoms with Crippen LogP contribution in [0.25, 0.3) is 11.1 Å². The van der Waals surface area contributed by atoms with Crippen molar-refractivity contribution >= 4 is 11.1 Å². The monoisotopic (exact) mass is 335 g/mol. The van der Waals surface area contributed by atoms with Gasteiger partial charge in [-0.2, -0.15) is 0 Å². The maximum absolute atomic E-state index is 6.13. The molecule has 0 amide bonds. The van der Waals surface area contributed by atoms with Crippen LogP contribution in [0, 0.1) is 6.08 Å². The lowest BCUT2D eigenvalue weighted by Gasteiger charge is -2.28. The Kier molecular flexibility index (Phi) is 3.80. The number of ether oxygens (including phenoxy) is 1. The van der Waals surface area contributed by atoms with Gasteiger partial charge >= 0.3 is 0 Å². The SMILES string of the molecule is [C](=C1C(c2ccccc2)=C2CCOC2c2ccccc21)c1ccccc1. The fourth-order valence-electron chi connectivity index (χ4n) is 4.03. The van der Waals surface area contributed by atoms with Crippen molar-refractivity contribution in [1.82, 2.24) is 0 Å². The molecule has 1 fully saturated rings. The molecule has 1 saturated heterocycles. The van der Waals surface area contributed by atoms with Gasteiger partial charge in [0.2, 0.25) is 0 Å². The summed E-state index contributed by atoms with van der Waals surface area (Å²) >= 11 is 0. The third-order valence-electron chi connectivity index (χ3n) is 5.16. The molecule has 1 nitrogen and oxygen atoms in total. The summed E-state index contributed by atoms with van der Waals surface area (Å²) in [5.74, 6) is 0. The van der Waals surface area contributed by atoms with Gasteiger partial charge in [-0.3, -0.25) is 0 Å². The smallest absolute Gasteiger partial charge is 0.105 e. The molecule has 1 aliphatic carbocycles. The van der Waals surface area contributed by atoms with Crippen molar-refractivity contribution in [3.05, 3.63) is 119 Å². The minimum Gasteiger partial charge on any atom is -0.369 e. The van der Waals surface area contributed by atoms with Crippen LogP contribution in [-0.4, -0.2) is 6.61 Å². The lowest BCUT2D eigenvalue weighted by atomic mass is 9.77. The van der Waals surface area contributed by atoms with Gasteiger partial charge in [0, 0.05) is 0 Å². The highest BCUT2D eigenvalue weighted by Gasteiger charge is 2.35. The van der Waals surface area contributed by atoms with Crippen LogP contribution >= 0.6 is 0 Å². The van der Waals surface area contributed by atoms with Crippen molar-refractivity contribution in [2.75, 3.05) is 6.61 Å². The first kappa shape index (κ1) is 15.4. The van der Waals surface area contributed by atoms with Crippen molar-refractivity contribution in [2.45, 2.75) is 12.5 Å². The van der Waals surface area contributed by atoms with E-state index in [0.29, 0.717) is 0 Å².